The van der Waals surface area contributed by atoms with E-state index in [9.17, 15) is 5.11 Å². The molecule has 0 amide bonds. The minimum atomic E-state index is -0.597. The van der Waals surface area contributed by atoms with Crippen LogP contribution in [0.15, 0.2) is 0 Å². The van der Waals surface area contributed by atoms with Crippen LogP contribution in [0.25, 0.3) is 0 Å². The van der Waals surface area contributed by atoms with Gasteiger partial charge in [0.25, 0.3) is 0 Å². The summed E-state index contributed by atoms with van der Waals surface area (Å²) in [5, 5.41) is 26.3. The summed E-state index contributed by atoms with van der Waals surface area (Å²) in [4.78, 5) is 0. The summed E-state index contributed by atoms with van der Waals surface area (Å²) in [5.41, 5.74) is -0.0348. The summed E-state index contributed by atoms with van der Waals surface area (Å²) in [6.07, 6.45) is -1.49. The van der Waals surface area contributed by atoms with Crippen LogP contribution in [0.4, 0.5) is 0 Å². The molecule has 3 atom stereocenters. The van der Waals surface area contributed by atoms with E-state index in [1.807, 2.05) is 20.8 Å². The van der Waals surface area contributed by atoms with Crippen LogP contribution in [0.2, 0.25) is 0 Å². The summed E-state index contributed by atoms with van der Waals surface area (Å²) in [7, 11) is 0. The van der Waals surface area contributed by atoms with Gasteiger partial charge in [-0.15, -0.1) is 0 Å². The van der Waals surface area contributed by atoms with Crippen molar-refractivity contribution in [2.75, 3.05) is 32.9 Å². The van der Waals surface area contributed by atoms with E-state index in [4.69, 9.17) is 14.6 Å². The molecule has 107 valence electrons. The lowest BCUT2D eigenvalue weighted by molar-refractivity contribution is -0.143. The number of hydrogen-bond acceptors (Lipinski definition) is 5. The second-order valence-electron chi connectivity index (χ2n) is 5.51. The smallest absolute Gasteiger partial charge is 0.152 e. The lowest BCUT2D eigenvalue weighted by atomic mass is 10.1. The van der Waals surface area contributed by atoms with Gasteiger partial charge in [0.2, 0.25) is 0 Å². The van der Waals surface area contributed by atoms with E-state index in [0.29, 0.717) is 19.7 Å². The summed E-state index contributed by atoms with van der Waals surface area (Å²) in [6.45, 7) is 7.70. The van der Waals surface area contributed by atoms with Gasteiger partial charge in [-0.3, -0.25) is 0 Å². The van der Waals surface area contributed by atoms with Gasteiger partial charge in [-0.25, -0.2) is 5.32 Å². The summed E-state index contributed by atoms with van der Waals surface area (Å²) >= 11 is 0. The van der Waals surface area contributed by atoms with Crippen molar-refractivity contribution in [1.82, 2.24) is 10.6 Å². The molecular weight excluding hydrogens is 236 g/mol. The fourth-order valence-corrected chi connectivity index (χ4v) is 1.58. The van der Waals surface area contributed by atoms with Crippen LogP contribution < -0.4 is 10.6 Å². The average Bonchev–Trinajstić information content (AvgIpc) is 2.33. The Morgan fingerprint density at radius 2 is 2.22 bits per heavy atom. The van der Waals surface area contributed by atoms with E-state index >= 15 is 0 Å². The maximum Gasteiger partial charge on any atom is 0.152 e. The standard InChI is InChI=1S/C12H25N2O4/c1-12(2,3)14-6-9(16)8-18-11-10(7-15)17-5-4-13-11/h9-11,14-16H,4-8H2,1-3H3/t9?,10?,11-/m0/s1. The molecule has 6 nitrogen and oxygen atoms in total. The number of ether oxygens (including phenoxy) is 2. The number of β-amino-alcohol motifs (C(OH)–C–C–N with tert-alkyl or cyclic N) is 1. The summed E-state index contributed by atoms with van der Waals surface area (Å²) in [6, 6.07) is 0. The van der Waals surface area contributed by atoms with Gasteiger partial charge in [-0.1, -0.05) is 0 Å². The molecule has 0 aromatic carbocycles. The normalized spacial score (nSPS) is 27.2. The van der Waals surface area contributed by atoms with Crippen molar-refractivity contribution in [1.29, 1.82) is 0 Å². The van der Waals surface area contributed by atoms with Crippen LogP contribution in [0.5, 0.6) is 0 Å². The number of aliphatic hydroxyl groups excluding tert-OH is 2. The minimum absolute atomic E-state index is 0.0348. The molecule has 0 saturated carbocycles. The zero-order valence-electron chi connectivity index (χ0n) is 11.4. The monoisotopic (exact) mass is 261 g/mol. The van der Waals surface area contributed by atoms with Gasteiger partial charge in [0.1, 0.15) is 6.10 Å². The number of hydrogen-bond donors (Lipinski definition) is 3. The third-order valence-electron chi connectivity index (χ3n) is 2.56. The third kappa shape index (κ3) is 6.08. The Balaban J connectivity index is 2.22. The molecule has 1 heterocycles. The lowest BCUT2D eigenvalue weighted by Gasteiger charge is -2.31. The van der Waals surface area contributed by atoms with Crippen molar-refractivity contribution in [3.05, 3.63) is 0 Å². The highest BCUT2D eigenvalue weighted by Gasteiger charge is 2.27. The number of nitrogens with one attached hydrogen (secondary N) is 1. The van der Waals surface area contributed by atoms with E-state index in [0.717, 1.165) is 0 Å². The van der Waals surface area contributed by atoms with Crippen molar-refractivity contribution < 1.29 is 19.7 Å². The summed E-state index contributed by atoms with van der Waals surface area (Å²) < 4.78 is 10.8. The fraction of sp³-hybridized carbons (Fsp3) is 1.00. The molecule has 1 radical (unpaired) electrons. The van der Waals surface area contributed by atoms with Gasteiger partial charge in [-0.05, 0) is 20.8 Å². The SMILES string of the molecule is CC(C)(C)NCC(O)CO[C@@H]1[N]CCOC1CO. The Hall–Kier alpha value is -0.240. The first-order valence-electron chi connectivity index (χ1n) is 6.36. The largest absolute Gasteiger partial charge is 0.394 e. The van der Waals surface area contributed by atoms with Crippen LogP contribution in [-0.2, 0) is 9.47 Å². The van der Waals surface area contributed by atoms with Gasteiger partial charge in [0.15, 0.2) is 6.23 Å². The molecule has 18 heavy (non-hydrogen) atoms. The number of rotatable bonds is 6. The molecule has 2 unspecified atom stereocenters. The second-order valence-corrected chi connectivity index (χ2v) is 5.51. The quantitative estimate of drug-likeness (QED) is 0.575. The Morgan fingerprint density at radius 1 is 1.50 bits per heavy atom. The van der Waals surface area contributed by atoms with Crippen molar-refractivity contribution in [3.63, 3.8) is 0 Å². The van der Waals surface area contributed by atoms with Gasteiger partial charge < -0.3 is 25.0 Å². The minimum Gasteiger partial charge on any atom is -0.394 e. The molecule has 0 bridgehead atoms. The molecule has 0 aliphatic carbocycles. The van der Waals surface area contributed by atoms with Gasteiger partial charge in [0, 0.05) is 18.6 Å². The molecule has 1 saturated heterocycles. The molecule has 0 aromatic heterocycles. The second kappa shape index (κ2) is 7.37. The molecule has 1 fully saturated rings. The van der Waals surface area contributed by atoms with E-state index in [2.05, 4.69) is 10.6 Å². The van der Waals surface area contributed by atoms with Gasteiger partial charge in [-0.2, -0.15) is 0 Å². The highest BCUT2D eigenvalue weighted by atomic mass is 16.6. The molecule has 0 aromatic rings. The average molecular weight is 261 g/mol. The molecule has 6 heteroatoms. The van der Waals surface area contributed by atoms with Crippen LogP contribution >= 0.6 is 0 Å². The Labute approximate surface area is 109 Å². The topological polar surface area (TPSA) is 85.0 Å². The molecule has 1 rings (SSSR count). The molecule has 1 aliphatic rings. The lowest BCUT2D eigenvalue weighted by Crippen LogP contribution is -2.49. The van der Waals surface area contributed by atoms with Crippen molar-refractivity contribution >= 4 is 0 Å². The number of aliphatic hydroxyl groups is 2. The zero-order chi connectivity index (χ0) is 13.6. The first-order chi connectivity index (χ1) is 8.42. The Morgan fingerprint density at radius 3 is 2.83 bits per heavy atom. The first kappa shape index (κ1) is 15.8. The molecule has 1 aliphatic heterocycles. The number of morpholine rings is 1. The highest BCUT2D eigenvalue weighted by molar-refractivity contribution is 4.75. The van der Waals surface area contributed by atoms with E-state index in [1.165, 1.54) is 0 Å². The van der Waals surface area contributed by atoms with Crippen molar-refractivity contribution in [3.8, 4) is 0 Å². The number of nitrogens with zero attached hydrogens (tertiary/aromatic N) is 1. The fourth-order valence-electron chi connectivity index (χ4n) is 1.58. The maximum atomic E-state index is 9.77. The van der Waals surface area contributed by atoms with E-state index in [-0.39, 0.29) is 18.8 Å². The predicted octanol–water partition coefficient (Wildman–Crippen LogP) is -0.926. The molecule has 0 spiro atoms. The summed E-state index contributed by atoms with van der Waals surface area (Å²) in [5.74, 6) is 0. The Bertz CT molecular complexity index is 233. The van der Waals surface area contributed by atoms with Crippen LogP contribution in [0.3, 0.4) is 0 Å². The maximum absolute atomic E-state index is 9.77. The molecular formula is C12H25N2O4. The van der Waals surface area contributed by atoms with Crippen molar-refractivity contribution in [2.45, 2.75) is 44.7 Å². The van der Waals surface area contributed by atoms with E-state index in [1.54, 1.807) is 0 Å². The van der Waals surface area contributed by atoms with Crippen molar-refractivity contribution in [2.24, 2.45) is 0 Å². The first-order valence-corrected chi connectivity index (χ1v) is 6.36. The Kier molecular flexibility index (Phi) is 6.48. The van der Waals surface area contributed by atoms with Crippen LogP contribution in [0.1, 0.15) is 20.8 Å². The van der Waals surface area contributed by atoms with Crippen LogP contribution in [0, 0.1) is 0 Å². The van der Waals surface area contributed by atoms with Crippen LogP contribution in [-0.4, -0.2) is 67.1 Å². The predicted molar refractivity (Wildman–Crippen MR) is 67.3 cm³/mol. The van der Waals surface area contributed by atoms with Gasteiger partial charge in [0.05, 0.1) is 25.9 Å². The zero-order valence-corrected chi connectivity index (χ0v) is 11.4. The van der Waals surface area contributed by atoms with E-state index < -0.39 is 18.4 Å². The highest BCUT2D eigenvalue weighted by Crippen LogP contribution is 2.08. The van der Waals surface area contributed by atoms with Gasteiger partial charge >= 0.3 is 0 Å². The third-order valence-corrected chi connectivity index (χ3v) is 2.56. The molecule has 3 N–H and O–H groups in total.